The summed E-state index contributed by atoms with van der Waals surface area (Å²) in [6.45, 7) is -2.39. The van der Waals surface area contributed by atoms with Gasteiger partial charge in [0.2, 0.25) is 5.91 Å². The number of benzene rings is 2. The van der Waals surface area contributed by atoms with Gasteiger partial charge in [-0.15, -0.1) is 0 Å². The lowest BCUT2D eigenvalue weighted by Gasteiger charge is -2.06. The molecule has 3 rings (SSSR count). The number of nitrogens with one attached hydrogen (secondary N) is 2. The summed E-state index contributed by atoms with van der Waals surface area (Å²) in [6, 6.07) is 13.8. The number of hydrogen-bond donors (Lipinski definition) is 2. The average molecular weight is 345 g/mol. The van der Waals surface area contributed by atoms with Crippen LogP contribution in [0.1, 0.15) is 11.4 Å². The highest BCUT2D eigenvalue weighted by Gasteiger charge is 2.07. The van der Waals surface area contributed by atoms with Gasteiger partial charge in [-0.2, -0.15) is 8.78 Å². The van der Waals surface area contributed by atoms with E-state index in [0.29, 0.717) is 13.0 Å². The van der Waals surface area contributed by atoms with Crippen LogP contribution in [0.3, 0.4) is 0 Å². The zero-order valence-electron chi connectivity index (χ0n) is 13.3. The molecule has 1 amide bonds. The summed E-state index contributed by atoms with van der Waals surface area (Å²) < 4.78 is 28.4. The van der Waals surface area contributed by atoms with E-state index >= 15 is 0 Å². The van der Waals surface area contributed by atoms with Gasteiger partial charge >= 0.3 is 6.61 Å². The number of carbonyl (C=O) groups is 1. The van der Waals surface area contributed by atoms with Crippen molar-refractivity contribution in [3.63, 3.8) is 0 Å². The summed E-state index contributed by atoms with van der Waals surface area (Å²) in [7, 11) is 0. The van der Waals surface area contributed by atoms with Crippen molar-refractivity contribution >= 4 is 16.9 Å². The van der Waals surface area contributed by atoms with E-state index in [-0.39, 0.29) is 18.1 Å². The summed E-state index contributed by atoms with van der Waals surface area (Å²) in [4.78, 5) is 19.6. The number of para-hydroxylation sites is 2. The molecule has 1 aromatic heterocycles. The largest absolute Gasteiger partial charge is 0.435 e. The predicted molar refractivity (Wildman–Crippen MR) is 89.6 cm³/mol. The Hall–Kier alpha value is -2.96. The minimum Gasteiger partial charge on any atom is -0.435 e. The molecule has 3 aromatic rings. The summed E-state index contributed by atoms with van der Waals surface area (Å²) >= 11 is 0. The quantitative estimate of drug-likeness (QED) is 0.692. The van der Waals surface area contributed by atoms with E-state index in [1.165, 1.54) is 12.1 Å². The lowest BCUT2D eigenvalue weighted by Crippen LogP contribution is -2.27. The fourth-order valence-electron chi connectivity index (χ4n) is 2.48. The van der Waals surface area contributed by atoms with E-state index in [4.69, 9.17) is 0 Å². The van der Waals surface area contributed by atoms with Gasteiger partial charge in [0.05, 0.1) is 17.5 Å². The monoisotopic (exact) mass is 345 g/mol. The predicted octanol–water partition coefficient (Wildman–Crippen LogP) is 3.07. The molecule has 130 valence electrons. The highest BCUT2D eigenvalue weighted by molar-refractivity contribution is 5.78. The van der Waals surface area contributed by atoms with Crippen molar-refractivity contribution in [3.05, 3.63) is 59.9 Å². The lowest BCUT2D eigenvalue weighted by atomic mass is 10.1. The molecule has 0 aliphatic rings. The maximum atomic E-state index is 12.1. The standard InChI is InChI=1S/C18H17F2N3O2/c19-18(20)25-13-7-5-12(6-8-13)11-17(24)21-10-9-16-22-14-3-1-2-4-15(14)23-16/h1-8,18H,9-11H2,(H,21,24)(H,22,23). The van der Waals surface area contributed by atoms with Gasteiger partial charge in [-0.3, -0.25) is 4.79 Å². The molecule has 0 spiro atoms. The number of alkyl halides is 2. The van der Waals surface area contributed by atoms with Crippen LogP contribution in [0.4, 0.5) is 8.78 Å². The number of H-pyrrole nitrogens is 1. The first kappa shape index (κ1) is 16.9. The fraction of sp³-hybridized carbons (Fsp3) is 0.222. The van der Waals surface area contributed by atoms with Crippen molar-refractivity contribution in [2.24, 2.45) is 0 Å². The second kappa shape index (κ2) is 7.74. The van der Waals surface area contributed by atoms with E-state index in [1.54, 1.807) is 12.1 Å². The van der Waals surface area contributed by atoms with Crippen molar-refractivity contribution in [2.75, 3.05) is 6.54 Å². The van der Waals surface area contributed by atoms with E-state index in [1.807, 2.05) is 24.3 Å². The SMILES string of the molecule is O=C(Cc1ccc(OC(F)F)cc1)NCCc1nc2ccccc2[nH]1. The Balaban J connectivity index is 1.46. The maximum absolute atomic E-state index is 12.1. The van der Waals surface area contributed by atoms with Gasteiger partial charge in [-0.25, -0.2) is 4.98 Å². The number of halogens is 2. The van der Waals surface area contributed by atoms with Crippen LogP contribution < -0.4 is 10.1 Å². The van der Waals surface area contributed by atoms with Crippen molar-refractivity contribution in [1.29, 1.82) is 0 Å². The average Bonchev–Trinajstić information content (AvgIpc) is 2.99. The highest BCUT2D eigenvalue weighted by Crippen LogP contribution is 2.15. The number of nitrogens with zero attached hydrogens (tertiary/aromatic N) is 1. The molecule has 0 radical (unpaired) electrons. The molecular weight excluding hydrogens is 328 g/mol. The van der Waals surface area contributed by atoms with Crippen molar-refractivity contribution in [1.82, 2.24) is 15.3 Å². The van der Waals surface area contributed by atoms with Crippen molar-refractivity contribution in [2.45, 2.75) is 19.5 Å². The summed E-state index contributed by atoms with van der Waals surface area (Å²) in [5.74, 6) is 0.748. The molecule has 0 saturated heterocycles. The van der Waals surface area contributed by atoms with Gasteiger partial charge in [0.15, 0.2) is 0 Å². The Labute approximate surface area is 143 Å². The second-order valence-electron chi connectivity index (χ2n) is 5.50. The number of fused-ring (bicyclic) bond motifs is 1. The van der Waals surface area contributed by atoms with Gasteiger partial charge in [-0.1, -0.05) is 24.3 Å². The van der Waals surface area contributed by atoms with Crippen LogP contribution in [-0.2, 0) is 17.6 Å². The molecule has 0 unspecified atom stereocenters. The number of rotatable bonds is 7. The van der Waals surface area contributed by atoms with E-state index in [9.17, 15) is 13.6 Å². The van der Waals surface area contributed by atoms with Crippen molar-refractivity contribution < 1.29 is 18.3 Å². The molecule has 0 aliphatic carbocycles. The molecule has 1 heterocycles. The van der Waals surface area contributed by atoms with Crippen LogP contribution in [0.25, 0.3) is 11.0 Å². The Kier molecular flexibility index (Phi) is 5.23. The van der Waals surface area contributed by atoms with Crippen LogP contribution in [0, 0.1) is 0 Å². The minimum atomic E-state index is -2.85. The number of ether oxygens (including phenoxy) is 1. The molecule has 0 aliphatic heterocycles. The first-order chi connectivity index (χ1) is 12.1. The van der Waals surface area contributed by atoms with Gasteiger partial charge < -0.3 is 15.0 Å². The second-order valence-corrected chi connectivity index (χ2v) is 5.50. The zero-order chi connectivity index (χ0) is 17.6. The number of amides is 1. The maximum Gasteiger partial charge on any atom is 0.387 e. The number of hydrogen-bond acceptors (Lipinski definition) is 3. The van der Waals surface area contributed by atoms with Crippen LogP contribution >= 0.6 is 0 Å². The number of imidazole rings is 1. The third-order valence-corrected chi connectivity index (χ3v) is 3.64. The third kappa shape index (κ3) is 4.76. The third-order valence-electron chi connectivity index (χ3n) is 3.64. The molecule has 0 fully saturated rings. The summed E-state index contributed by atoms with van der Waals surface area (Å²) in [5.41, 5.74) is 2.59. The van der Waals surface area contributed by atoms with Crippen molar-refractivity contribution in [3.8, 4) is 5.75 Å². The van der Waals surface area contributed by atoms with Crippen LogP contribution in [0.2, 0.25) is 0 Å². The van der Waals surface area contributed by atoms with Gasteiger partial charge in [0.1, 0.15) is 11.6 Å². The topological polar surface area (TPSA) is 67.0 Å². The summed E-state index contributed by atoms with van der Waals surface area (Å²) in [5, 5.41) is 2.82. The molecule has 2 aromatic carbocycles. The molecule has 7 heteroatoms. The number of aromatic amines is 1. The molecule has 25 heavy (non-hydrogen) atoms. The number of aromatic nitrogens is 2. The molecule has 0 saturated carbocycles. The smallest absolute Gasteiger partial charge is 0.387 e. The Morgan fingerprint density at radius 1 is 1.16 bits per heavy atom. The van der Waals surface area contributed by atoms with E-state index in [2.05, 4.69) is 20.0 Å². The molecule has 2 N–H and O–H groups in total. The van der Waals surface area contributed by atoms with Crippen LogP contribution in [0.15, 0.2) is 48.5 Å². The minimum absolute atomic E-state index is 0.0732. The van der Waals surface area contributed by atoms with Crippen LogP contribution in [-0.4, -0.2) is 29.0 Å². The summed E-state index contributed by atoms with van der Waals surface area (Å²) in [6.07, 6.45) is 0.774. The Morgan fingerprint density at radius 3 is 2.64 bits per heavy atom. The Morgan fingerprint density at radius 2 is 1.92 bits per heavy atom. The molecular formula is C18H17F2N3O2. The van der Waals surface area contributed by atoms with Crippen LogP contribution in [0.5, 0.6) is 5.75 Å². The van der Waals surface area contributed by atoms with E-state index < -0.39 is 6.61 Å². The number of carbonyl (C=O) groups excluding carboxylic acids is 1. The normalized spacial score (nSPS) is 11.0. The first-order valence-corrected chi connectivity index (χ1v) is 7.84. The van der Waals surface area contributed by atoms with Gasteiger partial charge in [-0.05, 0) is 29.8 Å². The molecule has 0 atom stereocenters. The van der Waals surface area contributed by atoms with E-state index in [0.717, 1.165) is 22.4 Å². The molecule has 0 bridgehead atoms. The highest BCUT2D eigenvalue weighted by atomic mass is 19.3. The first-order valence-electron chi connectivity index (χ1n) is 7.84. The van der Waals surface area contributed by atoms with Gasteiger partial charge in [0.25, 0.3) is 0 Å². The fourth-order valence-corrected chi connectivity index (χ4v) is 2.48. The molecule has 5 nitrogen and oxygen atoms in total. The lowest BCUT2D eigenvalue weighted by molar-refractivity contribution is -0.120. The zero-order valence-corrected chi connectivity index (χ0v) is 13.3. The Bertz CT molecular complexity index is 814. The van der Waals surface area contributed by atoms with Gasteiger partial charge in [0, 0.05) is 13.0 Å².